The lowest BCUT2D eigenvalue weighted by Crippen LogP contribution is -2.28. The van der Waals surface area contributed by atoms with E-state index in [0.29, 0.717) is 12.5 Å². The first-order chi connectivity index (χ1) is 9.47. The average molecular weight is 280 g/mol. The fraction of sp³-hybridized carbons (Fsp3) is 0.462. The maximum atomic E-state index is 11.9. The van der Waals surface area contributed by atoms with Crippen LogP contribution in [-0.4, -0.2) is 28.6 Å². The lowest BCUT2D eigenvalue weighted by Gasteiger charge is -2.13. The number of carbonyl (C=O) groups is 1. The van der Waals surface area contributed by atoms with Crippen molar-refractivity contribution >= 4 is 17.3 Å². The highest BCUT2D eigenvalue weighted by Gasteiger charge is 2.24. The molecule has 1 atom stereocenters. The Kier molecular flexibility index (Phi) is 4.19. The third kappa shape index (κ3) is 3.67. The predicted molar refractivity (Wildman–Crippen MR) is 71.5 cm³/mol. The van der Waals surface area contributed by atoms with Gasteiger partial charge in [0.05, 0.1) is 17.2 Å². The Morgan fingerprint density at radius 2 is 2.30 bits per heavy atom. The zero-order chi connectivity index (χ0) is 14.7. The van der Waals surface area contributed by atoms with E-state index in [9.17, 15) is 20.0 Å². The Labute approximate surface area is 115 Å². The average Bonchev–Trinajstić information content (AvgIpc) is 3.22. The molecule has 1 aromatic rings. The van der Waals surface area contributed by atoms with Gasteiger partial charge in [-0.1, -0.05) is 0 Å². The number of benzene rings is 1. The van der Waals surface area contributed by atoms with Crippen LogP contribution in [0.2, 0.25) is 0 Å². The zero-order valence-electron chi connectivity index (χ0n) is 11.0. The molecule has 0 heterocycles. The van der Waals surface area contributed by atoms with Crippen LogP contribution in [0.3, 0.4) is 0 Å². The van der Waals surface area contributed by atoms with Gasteiger partial charge >= 0.3 is 0 Å². The second-order valence-electron chi connectivity index (χ2n) is 4.87. The summed E-state index contributed by atoms with van der Waals surface area (Å²) in [5.41, 5.74) is -0.198. The monoisotopic (exact) mass is 280 g/mol. The van der Waals surface area contributed by atoms with Crippen LogP contribution >= 0.6 is 0 Å². The molecule has 0 aliphatic heterocycles. The summed E-state index contributed by atoms with van der Waals surface area (Å²) in [5.74, 6) is -0.128. The SMILES string of the molecule is C[C@@H](OCC1CC1)C(=O)Nc1cc([N+](=O)[O-])ccc1O. The van der Waals surface area contributed by atoms with Crippen molar-refractivity contribution in [1.82, 2.24) is 0 Å². The third-order valence-electron chi connectivity index (χ3n) is 3.10. The summed E-state index contributed by atoms with van der Waals surface area (Å²) in [5, 5.41) is 22.7. The molecule has 0 unspecified atom stereocenters. The van der Waals surface area contributed by atoms with Gasteiger partial charge in [0, 0.05) is 12.1 Å². The number of amides is 1. The highest BCUT2D eigenvalue weighted by molar-refractivity contribution is 5.95. The molecule has 1 saturated carbocycles. The van der Waals surface area contributed by atoms with Gasteiger partial charge in [0.25, 0.3) is 11.6 Å². The topological polar surface area (TPSA) is 102 Å². The van der Waals surface area contributed by atoms with Crippen LogP contribution in [0, 0.1) is 16.0 Å². The van der Waals surface area contributed by atoms with Gasteiger partial charge in [0.15, 0.2) is 0 Å². The quantitative estimate of drug-likeness (QED) is 0.471. The number of ether oxygens (including phenoxy) is 1. The van der Waals surface area contributed by atoms with Crippen LogP contribution in [0.1, 0.15) is 19.8 Å². The Morgan fingerprint density at radius 1 is 1.60 bits per heavy atom. The smallest absolute Gasteiger partial charge is 0.271 e. The number of carbonyl (C=O) groups excluding carboxylic acids is 1. The number of anilines is 1. The minimum Gasteiger partial charge on any atom is -0.506 e. The summed E-state index contributed by atoms with van der Waals surface area (Å²) in [6.45, 7) is 2.14. The maximum absolute atomic E-state index is 11.9. The molecule has 0 bridgehead atoms. The summed E-state index contributed by atoms with van der Waals surface area (Å²) < 4.78 is 5.39. The molecule has 2 N–H and O–H groups in total. The van der Waals surface area contributed by atoms with Gasteiger partial charge in [-0.15, -0.1) is 0 Å². The highest BCUT2D eigenvalue weighted by atomic mass is 16.6. The first-order valence-corrected chi connectivity index (χ1v) is 6.37. The number of nitro benzene ring substituents is 1. The largest absolute Gasteiger partial charge is 0.506 e. The third-order valence-corrected chi connectivity index (χ3v) is 3.10. The Bertz CT molecular complexity index is 527. The van der Waals surface area contributed by atoms with E-state index in [0.717, 1.165) is 25.0 Å². The van der Waals surface area contributed by atoms with Gasteiger partial charge in [-0.2, -0.15) is 0 Å². The van der Waals surface area contributed by atoms with Crippen LogP contribution in [0.4, 0.5) is 11.4 Å². The molecule has 20 heavy (non-hydrogen) atoms. The van der Waals surface area contributed by atoms with Crippen LogP contribution in [0.25, 0.3) is 0 Å². The Hall–Kier alpha value is -2.15. The highest BCUT2D eigenvalue weighted by Crippen LogP contribution is 2.30. The first-order valence-electron chi connectivity index (χ1n) is 6.37. The van der Waals surface area contributed by atoms with E-state index in [1.165, 1.54) is 6.07 Å². The van der Waals surface area contributed by atoms with Crippen molar-refractivity contribution in [2.75, 3.05) is 11.9 Å². The van der Waals surface area contributed by atoms with Crippen molar-refractivity contribution in [2.45, 2.75) is 25.9 Å². The number of nitro groups is 1. The molecular weight excluding hydrogens is 264 g/mol. The van der Waals surface area contributed by atoms with E-state index in [1.807, 2.05) is 0 Å². The van der Waals surface area contributed by atoms with E-state index in [1.54, 1.807) is 6.92 Å². The second kappa shape index (κ2) is 5.87. The van der Waals surface area contributed by atoms with Crippen LogP contribution in [0.5, 0.6) is 5.75 Å². The van der Waals surface area contributed by atoms with Crippen molar-refractivity contribution < 1.29 is 19.6 Å². The molecule has 0 spiro atoms. The van der Waals surface area contributed by atoms with Gasteiger partial charge in [-0.05, 0) is 31.7 Å². The fourth-order valence-electron chi connectivity index (χ4n) is 1.61. The zero-order valence-corrected chi connectivity index (χ0v) is 11.0. The van der Waals surface area contributed by atoms with Crippen molar-refractivity contribution in [3.05, 3.63) is 28.3 Å². The van der Waals surface area contributed by atoms with E-state index in [2.05, 4.69) is 5.32 Å². The number of hydrogen-bond donors (Lipinski definition) is 2. The molecule has 1 aliphatic carbocycles. The van der Waals surface area contributed by atoms with Crippen LogP contribution in [-0.2, 0) is 9.53 Å². The summed E-state index contributed by atoms with van der Waals surface area (Å²) in [4.78, 5) is 21.9. The van der Waals surface area contributed by atoms with E-state index in [-0.39, 0.29) is 17.1 Å². The lowest BCUT2D eigenvalue weighted by molar-refractivity contribution is -0.384. The second-order valence-corrected chi connectivity index (χ2v) is 4.87. The molecule has 1 amide bonds. The minimum absolute atomic E-state index is 0.00562. The van der Waals surface area contributed by atoms with E-state index < -0.39 is 16.9 Å². The molecule has 1 aromatic carbocycles. The summed E-state index contributed by atoms with van der Waals surface area (Å²) in [7, 11) is 0. The molecule has 0 saturated heterocycles. The molecule has 1 aliphatic rings. The Morgan fingerprint density at radius 3 is 2.90 bits per heavy atom. The van der Waals surface area contributed by atoms with Gasteiger partial charge in [0.1, 0.15) is 11.9 Å². The maximum Gasteiger partial charge on any atom is 0.271 e. The molecule has 1 fully saturated rings. The van der Waals surface area contributed by atoms with Gasteiger partial charge < -0.3 is 15.2 Å². The lowest BCUT2D eigenvalue weighted by atomic mass is 10.2. The van der Waals surface area contributed by atoms with Crippen molar-refractivity contribution in [1.29, 1.82) is 0 Å². The van der Waals surface area contributed by atoms with Crippen molar-refractivity contribution in [3.8, 4) is 5.75 Å². The van der Waals surface area contributed by atoms with Gasteiger partial charge in [-0.3, -0.25) is 14.9 Å². The molecule has 0 aromatic heterocycles. The number of aromatic hydroxyl groups is 1. The van der Waals surface area contributed by atoms with E-state index in [4.69, 9.17) is 4.74 Å². The Balaban J connectivity index is 1.98. The van der Waals surface area contributed by atoms with Crippen LogP contribution in [0.15, 0.2) is 18.2 Å². The number of hydrogen-bond acceptors (Lipinski definition) is 5. The number of phenols is 1. The fourth-order valence-corrected chi connectivity index (χ4v) is 1.61. The molecule has 0 radical (unpaired) electrons. The molecule has 7 nitrogen and oxygen atoms in total. The standard InChI is InChI=1S/C13H16N2O5/c1-8(20-7-9-2-3-9)13(17)14-11-6-10(15(18)19)4-5-12(11)16/h4-6,8-9,16H,2-3,7H2,1H3,(H,14,17)/t8-/m1/s1. The first kappa shape index (κ1) is 14.3. The van der Waals surface area contributed by atoms with Crippen molar-refractivity contribution in [3.63, 3.8) is 0 Å². The number of nitrogens with zero attached hydrogens (tertiary/aromatic N) is 1. The normalized spacial score (nSPS) is 15.7. The molecule has 7 heteroatoms. The van der Waals surface area contributed by atoms with E-state index >= 15 is 0 Å². The van der Waals surface area contributed by atoms with Crippen molar-refractivity contribution in [2.24, 2.45) is 5.92 Å². The molecular formula is C13H16N2O5. The van der Waals surface area contributed by atoms with Gasteiger partial charge in [0.2, 0.25) is 0 Å². The summed E-state index contributed by atoms with van der Waals surface area (Å²) in [6.07, 6.45) is 1.58. The molecule has 2 rings (SSSR count). The number of nitrogens with one attached hydrogen (secondary N) is 1. The number of non-ortho nitro benzene ring substituents is 1. The predicted octanol–water partition coefficient (Wildman–Crippen LogP) is 2.05. The van der Waals surface area contributed by atoms with Gasteiger partial charge in [-0.25, -0.2) is 0 Å². The summed E-state index contributed by atoms with van der Waals surface area (Å²) in [6, 6.07) is 3.45. The minimum atomic E-state index is -0.672. The number of rotatable bonds is 6. The summed E-state index contributed by atoms with van der Waals surface area (Å²) >= 11 is 0. The van der Waals surface area contributed by atoms with Crippen LogP contribution < -0.4 is 5.32 Å². The number of phenolic OH excluding ortho intramolecular Hbond substituents is 1. The molecule has 108 valence electrons.